The number of halogens is 1. The molecule has 1 aromatic rings. The average molecular weight is 255 g/mol. The first-order valence-electron chi connectivity index (χ1n) is 5.17. The smallest absolute Gasteiger partial charge is 0.318 e. The van der Waals surface area contributed by atoms with Crippen LogP contribution in [0.3, 0.4) is 0 Å². The van der Waals surface area contributed by atoms with Crippen LogP contribution in [0.5, 0.6) is 5.75 Å². The molecular weight excluding hydrogens is 241 g/mol. The zero-order valence-corrected chi connectivity index (χ0v) is 10.3. The van der Waals surface area contributed by atoms with E-state index in [4.69, 9.17) is 9.84 Å². The minimum atomic E-state index is -1.59. The fourth-order valence-corrected chi connectivity index (χ4v) is 1.13. The summed E-state index contributed by atoms with van der Waals surface area (Å²) in [5, 5.41) is 11.2. The van der Waals surface area contributed by atoms with Crippen molar-refractivity contribution in [1.82, 2.24) is 0 Å². The molecule has 1 rings (SSSR count). The highest BCUT2D eigenvalue weighted by Crippen LogP contribution is 2.23. The maximum absolute atomic E-state index is 13.4. The van der Waals surface area contributed by atoms with Gasteiger partial charge in [-0.25, -0.2) is 4.39 Å². The van der Waals surface area contributed by atoms with Crippen molar-refractivity contribution >= 4 is 17.6 Å². The Hall–Kier alpha value is -2.11. The number of methoxy groups -OCH3 is 1. The van der Waals surface area contributed by atoms with Crippen LogP contribution in [0.25, 0.3) is 0 Å². The van der Waals surface area contributed by atoms with E-state index < -0.39 is 23.1 Å². The molecule has 0 aliphatic heterocycles. The van der Waals surface area contributed by atoms with Crippen molar-refractivity contribution < 1.29 is 23.8 Å². The Morgan fingerprint density at radius 2 is 2.00 bits per heavy atom. The monoisotopic (exact) mass is 255 g/mol. The summed E-state index contributed by atoms with van der Waals surface area (Å²) in [4.78, 5) is 22.6. The molecule has 0 aliphatic rings. The van der Waals surface area contributed by atoms with E-state index in [1.54, 1.807) is 0 Å². The first-order chi connectivity index (χ1) is 8.28. The van der Waals surface area contributed by atoms with Gasteiger partial charge >= 0.3 is 5.97 Å². The van der Waals surface area contributed by atoms with Gasteiger partial charge in [-0.3, -0.25) is 9.59 Å². The molecular formula is C12H14FNO4. The second-order valence-corrected chi connectivity index (χ2v) is 4.23. The van der Waals surface area contributed by atoms with Crippen LogP contribution in [-0.2, 0) is 9.59 Å². The average Bonchev–Trinajstić information content (AvgIpc) is 2.28. The van der Waals surface area contributed by atoms with Gasteiger partial charge in [0.15, 0.2) is 11.6 Å². The fourth-order valence-electron chi connectivity index (χ4n) is 1.13. The number of aliphatic carboxylic acids is 1. The summed E-state index contributed by atoms with van der Waals surface area (Å²) >= 11 is 0. The van der Waals surface area contributed by atoms with Gasteiger partial charge in [-0.2, -0.15) is 0 Å². The highest BCUT2D eigenvalue weighted by molar-refractivity contribution is 6.07. The summed E-state index contributed by atoms with van der Waals surface area (Å²) in [5.74, 6) is -2.57. The van der Waals surface area contributed by atoms with Gasteiger partial charge in [0.05, 0.1) is 7.11 Å². The second kappa shape index (κ2) is 5.03. The topological polar surface area (TPSA) is 75.6 Å². The lowest BCUT2D eigenvalue weighted by atomic mass is 9.92. The number of hydrogen-bond donors (Lipinski definition) is 2. The molecule has 0 heterocycles. The lowest BCUT2D eigenvalue weighted by Gasteiger charge is -2.18. The van der Waals surface area contributed by atoms with Gasteiger partial charge < -0.3 is 15.2 Å². The Morgan fingerprint density at radius 1 is 1.39 bits per heavy atom. The molecule has 0 aliphatic carbocycles. The fraction of sp³-hybridized carbons (Fsp3) is 0.333. The maximum atomic E-state index is 13.4. The first kappa shape index (κ1) is 14.0. The van der Waals surface area contributed by atoms with E-state index >= 15 is 0 Å². The van der Waals surface area contributed by atoms with Crippen molar-refractivity contribution in [3.05, 3.63) is 24.0 Å². The predicted octanol–water partition coefficient (Wildman–Crippen LogP) is 1.88. The molecule has 0 bridgehead atoms. The van der Waals surface area contributed by atoms with Gasteiger partial charge in [0, 0.05) is 11.8 Å². The minimum absolute atomic E-state index is 0.0468. The van der Waals surface area contributed by atoms with E-state index in [-0.39, 0.29) is 11.4 Å². The summed E-state index contributed by atoms with van der Waals surface area (Å²) < 4.78 is 18.1. The van der Waals surface area contributed by atoms with Crippen LogP contribution in [0, 0.1) is 11.2 Å². The number of benzene rings is 1. The molecule has 1 aromatic carbocycles. The van der Waals surface area contributed by atoms with Gasteiger partial charge in [-0.1, -0.05) is 0 Å². The standard InChI is InChI=1S/C12H14FNO4/c1-12(2,11(16)17)10(15)14-7-4-5-9(18-3)8(13)6-7/h4-6H,1-3H3,(H,14,15)(H,16,17). The Labute approximate surface area is 104 Å². The number of carbonyl (C=O) groups excluding carboxylic acids is 1. The summed E-state index contributed by atoms with van der Waals surface area (Å²) in [7, 11) is 1.32. The van der Waals surface area contributed by atoms with Crippen molar-refractivity contribution in [1.29, 1.82) is 0 Å². The van der Waals surface area contributed by atoms with Gasteiger partial charge in [0.1, 0.15) is 5.41 Å². The van der Waals surface area contributed by atoms with Crippen molar-refractivity contribution in [3.8, 4) is 5.75 Å². The summed E-state index contributed by atoms with van der Waals surface area (Å²) in [5.41, 5.74) is -1.41. The number of hydrogen-bond acceptors (Lipinski definition) is 3. The third-order valence-electron chi connectivity index (χ3n) is 2.51. The highest BCUT2D eigenvalue weighted by Gasteiger charge is 2.36. The number of carboxylic acids is 1. The van der Waals surface area contributed by atoms with Crippen LogP contribution < -0.4 is 10.1 Å². The molecule has 0 aromatic heterocycles. The van der Waals surface area contributed by atoms with Crippen LogP contribution in [-0.4, -0.2) is 24.1 Å². The Balaban J connectivity index is 2.89. The van der Waals surface area contributed by atoms with Gasteiger partial charge in [0.25, 0.3) is 0 Å². The molecule has 0 unspecified atom stereocenters. The van der Waals surface area contributed by atoms with Crippen molar-refractivity contribution in [2.75, 3.05) is 12.4 Å². The number of amides is 1. The van der Waals surface area contributed by atoms with Crippen LogP contribution in [0.15, 0.2) is 18.2 Å². The Kier molecular flexibility index (Phi) is 3.90. The molecule has 6 heteroatoms. The minimum Gasteiger partial charge on any atom is -0.494 e. The quantitative estimate of drug-likeness (QED) is 0.805. The second-order valence-electron chi connectivity index (χ2n) is 4.23. The number of nitrogens with one attached hydrogen (secondary N) is 1. The molecule has 2 N–H and O–H groups in total. The van der Waals surface area contributed by atoms with E-state index in [1.165, 1.54) is 33.1 Å². The van der Waals surface area contributed by atoms with E-state index in [0.717, 1.165) is 6.07 Å². The van der Waals surface area contributed by atoms with Crippen LogP contribution in [0.2, 0.25) is 0 Å². The molecule has 0 saturated heterocycles. The third-order valence-corrected chi connectivity index (χ3v) is 2.51. The number of ether oxygens (including phenoxy) is 1. The molecule has 0 saturated carbocycles. The lowest BCUT2D eigenvalue weighted by molar-refractivity contribution is -0.151. The molecule has 18 heavy (non-hydrogen) atoms. The molecule has 0 radical (unpaired) electrons. The number of carbonyl (C=O) groups is 2. The SMILES string of the molecule is COc1ccc(NC(=O)C(C)(C)C(=O)O)cc1F. The van der Waals surface area contributed by atoms with Crippen LogP contribution in [0.4, 0.5) is 10.1 Å². The molecule has 0 atom stereocenters. The summed E-state index contributed by atoms with van der Waals surface area (Å²) in [6.45, 7) is 2.54. The van der Waals surface area contributed by atoms with Gasteiger partial charge in [-0.05, 0) is 26.0 Å². The molecule has 0 fully saturated rings. The van der Waals surface area contributed by atoms with Crippen molar-refractivity contribution in [2.45, 2.75) is 13.8 Å². The van der Waals surface area contributed by atoms with Gasteiger partial charge in [0.2, 0.25) is 5.91 Å². The Morgan fingerprint density at radius 3 is 2.44 bits per heavy atom. The van der Waals surface area contributed by atoms with Gasteiger partial charge in [-0.15, -0.1) is 0 Å². The lowest BCUT2D eigenvalue weighted by Crippen LogP contribution is -2.37. The number of rotatable bonds is 4. The van der Waals surface area contributed by atoms with Crippen LogP contribution in [0.1, 0.15) is 13.8 Å². The molecule has 1 amide bonds. The highest BCUT2D eigenvalue weighted by atomic mass is 19.1. The largest absolute Gasteiger partial charge is 0.494 e. The molecule has 0 spiro atoms. The van der Waals surface area contributed by atoms with E-state index in [0.29, 0.717) is 0 Å². The predicted molar refractivity (Wildman–Crippen MR) is 63.0 cm³/mol. The third kappa shape index (κ3) is 2.77. The zero-order valence-electron chi connectivity index (χ0n) is 10.3. The zero-order chi connectivity index (χ0) is 13.9. The van der Waals surface area contributed by atoms with E-state index in [1.807, 2.05) is 0 Å². The maximum Gasteiger partial charge on any atom is 0.318 e. The normalized spacial score (nSPS) is 10.9. The molecule has 5 nitrogen and oxygen atoms in total. The van der Waals surface area contributed by atoms with Crippen LogP contribution >= 0.6 is 0 Å². The van der Waals surface area contributed by atoms with Crippen molar-refractivity contribution in [3.63, 3.8) is 0 Å². The van der Waals surface area contributed by atoms with E-state index in [9.17, 15) is 14.0 Å². The number of carboxylic acid groups (broad SMARTS) is 1. The first-order valence-corrected chi connectivity index (χ1v) is 5.17. The van der Waals surface area contributed by atoms with Crippen molar-refractivity contribution in [2.24, 2.45) is 5.41 Å². The Bertz CT molecular complexity index is 485. The molecule has 98 valence electrons. The number of anilines is 1. The summed E-state index contributed by atoms with van der Waals surface area (Å²) in [6.07, 6.45) is 0. The van der Waals surface area contributed by atoms with E-state index in [2.05, 4.69) is 5.32 Å². The summed E-state index contributed by atoms with van der Waals surface area (Å²) in [6, 6.07) is 3.84.